The Bertz CT molecular complexity index is 1370. The molecule has 2 aromatic carbocycles. The number of hydrogen-bond donors (Lipinski definition) is 3. The SMILES string of the molecule is N#CC(c1ccc(NC(=O)C2c3ccc(CS(=O)O)cc3CN2C(=O)CCC(=O)O)cc1)(C(F)(F)F)C(F)(F)F. The van der Waals surface area contributed by atoms with Crippen LogP contribution in [-0.4, -0.2) is 48.9 Å². The lowest BCUT2D eigenvalue weighted by Gasteiger charge is -2.31. The lowest BCUT2D eigenvalue weighted by Crippen LogP contribution is -2.52. The van der Waals surface area contributed by atoms with E-state index in [1.54, 1.807) is 0 Å². The van der Waals surface area contributed by atoms with E-state index >= 15 is 0 Å². The minimum atomic E-state index is -6.00. The van der Waals surface area contributed by atoms with Crippen LogP contribution in [-0.2, 0) is 43.2 Å². The lowest BCUT2D eigenvalue weighted by atomic mass is 9.80. The molecule has 214 valence electrons. The van der Waals surface area contributed by atoms with Gasteiger partial charge in [-0.3, -0.25) is 14.4 Å². The molecule has 0 fully saturated rings. The van der Waals surface area contributed by atoms with Gasteiger partial charge in [0.25, 0.3) is 11.3 Å². The van der Waals surface area contributed by atoms with Crippen molar-refractivity contribution in [3.8, 4) is 6.07 Å². The summed E-state index contributed by atoms with van der Waals surface area (Å²) in [5.74, 6) is -3.16. The first-order chi connectivity index (χ1) is 18.5. The summed E-state index contributed by atoms with van der Waals surface area (Å²) in [7, 11) is 0. The zero-order valence-corrected chi connectivity index (χ0v) is 20.9. The maximum atomic E-state index is 13.4. The van der Waals surface area contributed by atoms with Gasteiger partial charge in [0, 0.05) is 18.7 Å². The van der Waals surface area contributed by atoms with Gasteiger partial charge >= 0.3 is 18.3 Å². The molecule has 9 nitrogen and oxygen atoms in total. The number of carbonyl (C=O) groups is 3. The van der Waals surface area contributed by atoms with Gasteiger partial charge in [0.05, 0.1) is 18.2 Å². The molecule has 2 amide bonds. The molecule has 0 saturated heterocycles. The van der Waals surface area contributed by atoms with Gasteiger partial charge in [-0.1, -0.05) is 30.3 Å². The number of carboxylic acids is 1. The summed E-state index contributed by atoms with van der Waals surface area (Å²) < 4.78 is 101. The fraction of sp³-hybridized carbons (Fsp3) is 0.333. The molecule has 16 heteroatoms. The third-order valence-corrected chi connectivity index (χ3v) is 6.75. The largest absolute Gasteiger partial charge is 0.481 e. The fourth-order valence-corrected chi connectivity index (χ4v) is 4.77. The number of amides is 2. The second-order valence-electron chi connectivity index (χ2n) is 8.74. The second kappa shape index (κ2) is 11.3. The van der Waals surface area contributed by atoms with Crippen LogP contribution in [0.2, 0.25) is 0 Å². The van der Waals surface area contributed by atoms with Gasteiger partial charge in [0.15, 0.2) is 11.1 Å². The number of carbonyl (C=O) groups excluding carboxylic acids is 2. The van der Waals surface area contributed by atoms with Crippen molar-refractivity contribution in [3.05, 3.63) is 64.7 Å². The Morgan fingerprint density at radius 2 is 1.62 bits per heavy atom. The van der Waals surface area contributed by atoms with Crippen LogP contribution in [0.3, 0.4) is 0 Å². The Balaban J connectivity index is 1.94. The molecular weight excluding hydrogens is 572 g/mol. The van der Waals surface area contributed by atoms with Crippen LogP contribution in [0.25, 0.3) is 0 Å². The number of aliphatic carboxylic acids is 1. The standard InChI is InChI=1S/C24H19F6N3O6S/c25-23(26,27)22(12-31,24(28,29)30)15-2-4-16(5-3-15)32-21(37)20-17-6-1-13(11-40(38)39)9-14(17)10-33(20)18(34)7-8-19(35)36/h1-6,9,20H,7-8,10-11H2,(H,32,37)(H,35,36)(H,38,39). The van der Waals surface area contributed by atoms with Crippen molar-refractivity contribution in [1.29, 1.82) is 5.26 Å². The molecule has 2 unspecified atom stereocenters. The molecule has 3 rings (SSSR count). The molecule has 0 spiro atoms. The highest BCUT2D eigenvalue weighted by Crippen LogP contribution is 2.51. The van der Waals surface area contributed by atoms with Crippen molar-refractivity contribution < 1.29 is 54.6 Å². The van der Waals surface area contributed by atoms with Gasteiger partial charge in [-0.05, 0) is 34.4 Å². The molecule has 2 atom stereocenters. The fourth-order valence-electron chi connectivity index (χ4n) is 4.30. The third kappa shape index (κ3) is 5.94. The number of hydrogen-bond acceptors (Lipinski definition) is 5. The van der Waals surface area contributed by atoms with Crippen LogP contribution in [0.15, 0.2) is 42.5 Å². The topological polar surface area (TPSA) is 148 Å². The molecule has 0 radical (unpaired) electrons. The Labute approximate surface area is 224 Å². The first kappa shape index (κ1) is 30.6. The van der Waals surface area contributed by atoms with Gasteiger partial charge < -0.3 is 19.9 Å². The Kier molecular flexibility index (Phi) is 8.60. The highest BCUT2D eigenvalue weighted by molar-refractivity contribution is 7.78. The Hall–Kier alpha value is -3.97. The van der Waals surface area contributed by atoms with Crippen molar-refractivity contribution in [2.75, 3.05) is 5.32 Å². The highest BCUT2D eigenvalue weighted by Gasteiger charge is 2.72. The number of rotatable bonds is 8. The van der Waals surface area contributed by atoms with Gasteiger partial charge in [-0.15, -0.1) is 0 Å². The van der Waals surface area contributed by atoms with E-state index in [-0.39, 0.29) is 23.5 Å². The number of halogens is 6. The van der Waals surface area contributed by atoms with E-state index in [4.69, 9.17) is 14.9 Å². The predicted molar refractivity (Wildman–Crippen MR) is 126 cm³/mol. The molecule has 2 aromatic rings. The maximum Gasteiger partial charge on any atom is 0.420 e. The average molecular weight is 591 g/mol. The molecule has 1 heterocycles. The summed E-state index contributed by atoms with van der Waals surface area (Å²) in [4.78, 5) is 38.0. The molecule has 0 aromatic heterocycles. The number of benzene rings is 2. The first-order valence-corrected chi connectivity index (χ1v) is 12.5. The zero-order valence-electron chi connectivity index (χ0n) is 20.0. The number of anilines is 1. The highest BCUT2D eigenvalue weighted by atomic mass is 32.2. The van der Waals surface area contributed by atoms with E-state index in [2.05, 4.69) is 5.32 Å². The molecule has 0 aliphatic carbocycles. The lowest BCUT2D eigenvalue weighted by molar-refractivity contribution is -0.283. The number of alkyl halides is 6. The molecule has 3 N–H and O–H groups in total. The summed E-state index contributed by atoms with van der Waals surface area (Å²) >= 11 is -2.19. The van der Waals surface area contributed by atoms with Crippen LogP contribution < -0.4 is 5.32 Å². The van der Waals surface area contributed by atoms with Crippen molar-refractivity contribution in [2.24, 2.45) is 0 Å². The quantitative estimate of drug-likeness (QED) is 0.308. The van der Waals surface area contributed by atoms with Gasteiger partial charge in [-0.25, -0.2) is 4.21 Å². The summed E-state index contributed by atoms with van der Waals surface area (Å²) in [5, 5.41) is 20.1. The minimum absolute atomic E-state index is 0.168. The first-order valence-electron chi connectivity index (χ1n) is 11.2. The summed E-state index contributed by atoms with van der Waals surface area (Å²) in [6.07, 6.45) is -13.0. The Morgan fingerprint density at radius 3 is 2.12 bits per heavy atom. The molecule has 1 aliphatic rings. The predicted octanol–water partition coefficient (Wildman–Crippen LogP) is 4.18. The number of carboxylic acid groups (broad SMARTS) is 1. The molecule has 0 bridgehead atoms. The van der Waals surface area contributed by atoms with Crippen LogP contribution in [0, 0.1) is 11.3 Å². The van der Waals surface area contributed by atoms with E-state index in [0.29, 0.717) is 29.3 Å². The van der Waals surface area contributed by atoms with Crippen molar-refractivity contribution >= 4 is 34.6 Å². The average Bonchev–Trinajstić information content (AvgIpc) is 3.21. The van der Waals surface area contributed by atoms with Crippen LogP contribution >= 0.6 is 0 Å². The van der Waals surface area contributed by atoms with E-state index in [0.717, 1.165) is 17.0 Å². The van der Waals surface area contributed by atoms with E-state index in [1.165, 1.54) is 18.2 Å². The molecule has 1 aliphatic heterocycles. The van der Waals surface area contributed by atoms with Gasteiger partial charge in [-0.2, -0.15) is 31.6 Å². The van der Waals surface area contributed by atoms with Crippen molar-refractivity contribution in [3.63, 3.8) is 0 Å². The summed E-state index contributed by atoms with van der Waals surface area (Å²) in [6, 6.07) is 5.59. The molecule has 0 saturated carbocycles. The van der Waals surface area contributed by atoms with Crippen molar-refractivity contribution in [1.82, 2.24) is 4.90 Å². The normalized spacial score (nSPS) is 16.1. The van der Waals surface area contributed by atoms with Gasteiger partial charge in [0.2, 0.25) is 5.91 Å². The zero-order chi connectivity index (χ0) is 30.0. The van der Waals surface area contributed by atoms with Gasteiger partial charge in [0.1, 0.15) is 6.04 Å². The van der Waals surface area contributed by atoms with E-state index in [1.807, 2.05) is 0 Å². The number of nitriles is 1. The number of nitrogens with one attached hydrogen (secondary N) is 1. The van der Waals surface area contributed by atoms with Crippen LogP contribution in [0.5, 0.6) is 0 Å². The molecular formula is C24H19F6N3O6S. The van der Waals surface area contributed by atoms with Crippen LogP contribution in [0.4, 0.5) is 32.0 Å². The maximum absolute atomic E-state index is 13.4. The second-order valence-corrected chi connectivity index (χ2v) is 9.67. The summed E-state index contributed by atoms with van der Waals surface area (Å²) in [5.41, 5.74) is -5.37. The molecule has 40 heavy (non-hydrogen) atoms. The monoisotopic (exact) mass is 591 g/mol. The smallest absolute Gasteiger partial charge is 0.420 e. The Morgan fingerprint density at radius 1 is 1.02 bits per heavy atom. The minimum Gasteiger partial charge on any atom is -0.481 e. The number of nitrogens with zero attached hydrogens (tertiary/aromatic N) is 2. The number of fused-ring (bicyclic) bond motifs is 1. The van der Waals surface area contributed by atoms with Crippen molar-refractivity contribution in [2.45, 2.75) is 48.9 Å². The third-order valence-electron chi connectivity index (χ3n) is 6.17. The van der Waals surface area contributed by atoms with E-state index in [9.17, 15) is 44.9 Å². The van der Waals surface area contributed by atoms with Crippen LogP contribution in [0.1, 0.15) is 41.1 Å². The summed E-state index contributed by atoms with van der Waals surface area (Å²) in [6.45, 7) is -0.168. The van der Waals surface area contributed by atoms with E-state index < -0.39 is 71.1 Å².